The van der Waals surface area contributed by atoms with Crippen molar-refractivity contribution in [1.29, 1.82) is 0 Å². The van der Waals surface area contributed by atoms with Crippen LogP contribution in [-0.4, -0.2) is 17.4 Å². The van der Waals surface area contributed by atoms with Gasteiger partial charge in [0.15, 0.2) is 5.78 Å². The molecule has 0 fully saturated rings. The summed E-state index contributed by atoms with van der Waals surface area (Å²) >= 11 is 7.24. The summed E-state index contributed by atoms with van der Waals surface area (Å²) in [5.74, 6) is 0.156. The molecular formula is C16H14ClNO2S. The van der Waals surface area contributed by atoms with Crippen molar-refractivity contribution < 1.29 is 9.59 Å². The van der Waals surface area contributed by atoms with Crippen molar-refractivity contribution in [1.82, 2.24) is 0 Å². The van der Waals surface area contributed by atoms with E-state index >= 15 is 0 Å². The van der Waals surface area contributed by atoms with Crippen molar-refractivity contribution in [3.05, 3.63) is 59.1 Å². The van der Waals surface area contributed by atoms with Gasteiger partial charge in [0.1, 0.15) is 0 Å². The van der Waals surface area contributed by atoms with Gasteiger partial charge in [-0.05, 0) is 43.3 Å². The van der Waals surface area contributed by atoms with Gasteiger partial charge in [-0.1, -0.05) is 23.7 Å². The number of anilines is 1. The summed E-state index contributed by atoms with van der Waals surface area (Å²) in [5, 5.41) is 3.45. The SMILES string of the molecule is CC(=O)c1cccc(NC(=O)CSc2ccc(Cl)cc2)c1. The normalized spacial score (nSPS) is 10.2. The highest BCUT2D eigenvalue weighted by Gasteiger charge is 2.06. The smallest absolute Gasteiger partial charge is 0.234 e. The van der Waals surface area contributed by atoms with Crippen molar-refractivity contribution in [2.45, 2.75) is 11.8 Å². The number of carbonyl (C=O) groups is 2. The van der Waals surface area contributed by atoms with Crippen LogP contribution in [0.4, 0.5) is 5.69 Å². The van der Waals surface area contributed by atoms with E-state index in [0.717, 1.165) is 4.90 Å². The minimum atomic E-state index is -0.115. The number of amides is 1. The fourth-order valence-corrected chi connectivity index (χ4v) is 2.52. The molecule has 0 bridgehead atoms. The Kier molecular flexibility index (Phi) is 5.42. The van der Waals surface area contributed by atoms with E-state index in [-0.39, 0.29) is 11.7 Å². The standard InChI is InChI=1S/C16H14ClNO2S/c1-11(19)12-3-2-4-14(9-12)18-16(20)10-21-15-7-5-13(17)6-8-15/h2-9H,10H2,1H3,(H,18,20). The van der Waals surface area contributed by atoms with E-state index in [1.807, 2.05) is 12.1 Å². The number of rotatable bonds is 5. The summed E-state index contributed by atoms with van der Waals surface area (Å²) in [6, 6.07) is 14.2. The monoisotopic (exact) mass is 319 g/mol. The second-order valence-corrected chi connectivity index (χ2v) is 5.91. The van der Waals surface area contributed by atoms with E-state index < -0.39 is 0 Å². The highest BCUT2D eigenvalue weighted by molar-refractivity contribution is 8.00. The van der Waals surface area contributed by atoms with Crippen LogP contribution in [-0.2, 0) is 4.79 Å². The Balaban J connectivity index is 1.91. The molecular weight excluding hydrogens is 306 g/mol. The molecule has 2 rings (SSSR count). The van der Waals surface area contributed by atoms with Gasteiger partial charge in [0.2, 0.25) is 5.91 Å². The molecule has 0 aromatic heterocycles. The molecule has 108 valence electrons. The maximum atomic E-state index is 11.9. The average Bonchev–Trinajstić information content (AvgIpc) is 2.47. The van der Waals surface area contributed by atoms with Gasteiger partial charge in [-0.2, -0.15) is 0 Å². The maximum Gasteiger partial charge on any atom is 0.234 e. The first-order valence-electron chi connectivity index (χ1n) is 6.34. The maximum absolute atomic E-state index is 11.9. The van der Waals surface area contributed by atoms with Crippen LogP contribution in [0.2, 0.25) is 5.02 Å². The number of carbonyl (C=O) groups excluding carboxylic acids is 2. The summed E-state index contributed by atoms with van der Waals surface area (Å²) in [6.07, 6.45) is 0. The molecule has 0 aliphatic carbocycles. The summed E-state index contributed by atoms with van der Waals surface area (Å²) < 4.78 is 0. The van der Waals surface area contributed by atoms with Crippen LogP contribution in [0.15, 0.2) is 53.4 Å². The zero-order valence-corrected chi connectivity index (χ0v) is 13.0. The second-order valence-electron chi connectivity index (χ2n) is 4.43. The van der Waals surface area contributed by atoms with Gasteiger partial charge < -0.3 is 5.32 Å². The number of ketones is 1. The highest BCUT2D eigenvalue weighted by atomic mass is 35.5. The number of thioether (sulfide) groups is 1. The summed E-state index contributed by atoms with van der Waals surface area (Å²) in [7, 11) is 0. The number of nitrogens with one attached hydrogen (secondary N) is 1. The fraction of sp³-hybridized carbons (Fsp3) is 0.125. The van der Waals surface area contributed by atoms with E-state index in [0.29, 0.717) is 22.0 Å². The number of hydrogen-bond donors (Lipinski definition) is 1. The third kappa shape index (κ3) is 4.92. The van der Waals surface area contributed by atoms with Crippen LogP contribution in [0, 0.1) is 0 Å². The predicted molar refractivity (Wildman–Crippen MR) is 87.3 cm³/mol. The molecule has 5 heteroatoms. The van der Waals surface area contributed by atoms with Crippen molar-refractivity contribution in [3.8, 4) is 0 Å². The minimum Gasteiger partial charge on any atom is -0.325 e. The molecule has 0 saturated carbocycles. The van der Waals surface area contributed by atoms with Crippen molar-refractivity contribution in [3.63, 3.8) is 0 Å². The summed E-state index contributed by atoms with van der Waals surface area (Å²) in [5.41, 5.74) is 1.21. The number of Topliss-reactive ketones (excluding diaryl/α,β-unsaturated/α-hetero) is 1. The molecule has 0 saturated heterocycles. The summed E-state index contributed by atoms with van der Waals surface area (Å²) in [4.78, 5) is 24.2. The molecule has 2 aromatic rings. The zero-order chi connectivity index (χ0) is 15.2. The molecule has 1 N–H and O–H groups in total. The second kappa shape index (κ2) is 7.29. The zero-order valence-electron chi connectivity index (χ0n) is 11.4. The van der Waals surface area contributed by atoms with E-state index in [4.69, 9.17) is 11.6 Å². The van der Waals surface area contributed by atoms with Gasteiger partial charge in [-0.3, -0.25) is 9.59 Å². The Morgan fingerprint density at radius 1 is 1.14 bits per heavy atom. The average molecular weight is 320 g/mol. The Hall–Kier alpha value is -1.78. The highest BCUT2D eigenvalue weighted by Crippen LogP contribution is 2.20. The van der Waals surface area contributed by atoms with Gasteiger partial charge in [-0.25, -0.2) is 0 Å². The van der Waals surface area contributed by atoms with Gasteiger partial charge in [0, 0.05) is 21.2 Å². The Labute approximate surface area is 132 Å². The van der Waals surface area contributed by atoms with E-state index in [1.165, 1.54) is 18.7 Å². The lowest BCUT2D eigenvalue weighted by Crippen LogP contribution is -2.14. The number of halogens is 1. The van der Waals surface area contributed by atoms with Gasteiger partial charge >= 0.3 is 0 Å². The molecule has 0 aliphatic heterocycles. The lowest BCUT2D eigenvalue weighted by molar-refractivity contribution is -0.113. The van der Waals surface area contributed by atoms with Crippen LogP contribution in [0.5, 0.6) is 0 Å². The van der Waals surface area contributed by atoms with E-state index in [1.54, 1.807) is 36.4 Å². The van der Waals surface area contributed by atoms with Gasteiger partial charge in [-0.15, -0.1) is 11.8 Å². The van der Waals surface area contributed by atoms with Gasteiger partial charge in [0.05, 0.1) is 5.75 Å². The predicted octanol–water partition coefficient (Wildman–Crippen LogP) is 4.27. The molecule has 0 spiro atoms. The Morgan fingerprint density at radius 3 is 2.52 bits per heavy atom. The molecule has 2 aromatic carbocycles. The van der Waals surface area contributed by atoms with Gasteiger partial charge in [0.25, 0.3) is 0 Å². The van der Waals surface area contributed by atoms with Crippen molar-refractivity contribution in [2.24, 2.45) is 0 Å². The molecule has 0 atom stereocenters. The van der Waals surface area contributed by atoms with E-state index in [9.17, 15) is 9.59 Å². The largest absolute Gasteiger partial charge is 0.325 e. The van der Waals surface area contributed by atoms with Crippen LogP contribution < -0.4 is 5.32 Å². The molecule has 0 radical (unpaired) electrons. The first-order chi connectivity index (χ1) is 10.0. The van der Waals surface area contributed by atoms with Crippen molar-refractivity contribution >= 4 is 40.7 Å². The topological polar surface area (TPSA) is 46.2 Å². The van der Waals surface area contributed by atoms with Crippen LogP contribution in [0.25, 0.3) is 0 Å². The summed E-state index contributed by atoms with van der Waals surface area (Å²) in [6.45, 7) is 1.50. The molecule has 0 unspecified atom stereocenters. The fourth-order valence-electron chi connectivity index (χ4n) is 1.69. The Morgan fingerprint density at radius 2 is 1.86 bits per heavy atom. The molecule has 0 heterocycles. The quantitative estimate of drug-likeness (QED) is 0.661. The Bertz CT molecular complexity index is 656. The first kappa shape index (κ1) is 15.6. The minimum absolute atomic E-state index is 0.0263. The molecule has 3 nitrogen and oxygen atoms in total. The third-order valence-electron chi connectivity index (χ3n) is 2.74. The lowest BCUT2D eigenvalue weighted by atomic mass is 10.1. The lowest BCUT2D eigenvalue weighted by Gasteiger charge is -2.06. The molecule has 1 amide bonds. The first-order valence-corrected chi connectivity index (χ1v) is 7.70. The van der Waals surface area contributed by atoms with Crippen molar-refractivity contribution in [2.75, 3.05) is 11.1 Å². The molecule has 0 aliphatic rings. The third-order valence-corrected chi connectivity index (χ3v) is 4.00. The molecule has 21 heavy (non-hydrogen) atoms. The number of hydrogen-bond acceptors (Lipinski definition) is 3. The van der Waals surface area contributed by atoms with E-state index in [2.05, 4.69) is 5.32 Å². The van der Waals surface area contributed by atoms with Crippen LogP contribution >= 0.6 is 23.4 Å². The van der Waals surface area contributed by atoms with Crippen LogP contribution in [0.1, 0.15) is 17.3 Å². The van der Waals surface area contributed by atoms with Crippen LogP contribution in [0.3, 0.4) is 0 Å². The number of benzene rings is 2.